The molecule has 0 saturated heterocycles. The molecule has 0 bridgehead atoms. The number of anilines is 1. The number of rotatable bonds is 5. The number of nitrogens with zero attached hydrogens (tertiary/aromatic N) is 2. The van der Waals surface area contributed by atoms with Gasteiger partial charge in [0.05, 0.1) is 5.69 Å². The van der Waals surface area contributed by atoms with Crippen molar-refractivity contribution in [1.29, 1.82) is 0 Å². The number of hydrogen-bond acceptors (Lipinski definition) is 4. The predicted octanol–water partition coefficient (Wildman–Crippen LogP) is 2.35. The van der Waals surface area contributed by atoms with Gasteiger partial charge in [-0.2, -0.15) is 0 Å². The Bertz CT molecular complexity index is 319. The molecule has 1 unspecified atom stereocenters. The monoisotopic (exact) mass is 225 g/mol. The van der Waals surface area contributed by atoms with Crippen LogP contribution in [0.15, 0.2) is 5.38 Å². The third kappa shape index (κ3) is 2.92. The Morgan fingerprint density at radius 1 is 1.67 bits per heavy atom. The van der Waals surface area contributed by atoms with Gasteiger partial charge in [0.1, 0.15) is 0 Å². The molecule has 0 radical (unpaired) electrons. The highest BCUT2D eigenvalue weighted by molar-refractivity contribution is 7.13. The van der Waals surface area contributed by atoms with E-state index in [0.29, 0.717) is 6.04 Å². The molecule has 1 aliphatic rings. The average Bonchev–Trinajstić information content (AvgIpc) is 2.98. The molecule has 4 heteroatoms. The molecule has 2 rings (SSSR count). The number of hydrogen-bond donors (Lipinski definition) is 1. The van der Waals surface area contributed by atoms with Crippen molar-refractivity contribution in [1.82, 2.24) is 9.88 Å². The lowest BCUT2D eigenvalue weighted by Crippen LogP contribution is -2.36. The fraction of sp³-hybridized carbons (Fsp3) is 0.727. The van der Waals surface area contributed by atoms with Gasteiger partial charge < -0.3 is 5.32 Å². The van der Waals surface area contributed by atoms with Crippen molar-refractivity contribution < 1.29 is 0 Å². The van der Waals surface area contributed by atoms with Crippen LogP contribution in [0, 0.1) is 6.92 Å². The standard InChI is InChI=1S/C11H19N3S/c1-8-7-15-11(13-8)12-6-9(2)14(3)10-4-5-10/h7,9-10H,4-6H2,1-3H3,(H,12,13). The first-order chi connectivity index (χ1) is 7.16. The van der Waals surface area contributed by atoms with Crippen LogP contribution >= 0.6 is 11.3 Å². The van der Waals surface area contributed by atoms with Crippen LogP contribution in [0.3, 0.4) is 0 Å². The highest BCUT2D eigenvalue weighted by Gasteiger charge is 2.28. The van der Waals surface area contributed by atoms with E-state index in [1.165, 1.54) is 12.8 Å². The van der Waals surface area contributed by atoms with Crippen molar-refractivity contribution in [3.63, 3.8) is 0 Å². The Balaban J connectivity index is 1.77. The molecule has 1 fully saturated rings. The second kappa shape index (κ2) is 4.49. The molecular weight excluding hydrogens is 206 g/mol. The van der Waals surface area contributed by atoms with Crippen molar-refractivity contribution in [3.05, 3.63) is 11.1 Å². The van der Waals surface area contributed by atoms with E-state index < -0.39 is 0 Å². The van der Waals surface area contributed by atoms with Gasteiger partial charge in [-0.05, 0) is 33.7 Å². The van der Waals surface area contributed by atoms with Crippen LogP contribution in [0.1, 0.15) is 25.5 Å². The average molecular weight is 225 g/mol. The third-order valence-electron chi connectivity index (χ3n) is 2.99. The fourth-order valence-electron chi connectivity index (χ4n) is 1.66. The van der Waals surface area contributed by atoms with E-state index in [1.807, 2.05) is 6.92 Å². The van der Waals surface area contributed by atoms with E-state index in [1.54, 1.807) is 11.3 Å². The van der Waals surface area contributed by atoms with Gasteiger partial charge in [-0.1, -0.05) is 0 Å². The number of nitrogens with one attached hydrogen (secondary N) is 1. The van der Waals surface area contributed by atoms with Crippen LogP contribution in [0.5, 0.6) is 0 Å². The smallest absolute Gasteiger partial charge is 0.182 e. The van der Waals surface area contributed by atoms with Crippen LogP contribution in [0.4, 0.5) is 5.13 Å². The zero-order valence-corrected chi connectivity index (χ0v) is 10.5. The summed E-state index contributed by atoms with van der Waals surface area (Å²) in [5, 5.41) is 6.52. The van der Waals surface area contributed by atoms with Crippen molar-refractivity contribution in [2.75, 3.05) is 18.9 Å². The Labute approximate surface area is 95.5 Å². The topological polar surface area (TPSA) is 28.2 Å². The largest absolute Gasteiger partial charge is 0.360 e. The number of thiazole rings is 1. The molecule has 0 aliphatic heterocycles. The van der Waals surface area contributed by atoms with Gasteiger partial charge in [0.2, 0.25) is 0 Å². The van der Waals surface area contributed by atoms with Gasteiger partial charge in [0.15, 0.2) is 5.13 Å². The summed E-state index contributed by atoms with van der Waals surface area (Å²) >= 11 is 1.69. The normalized spacial score (nSPS) is 18.1. The maximum absolute atomic E-state index is 4.39. The molecule has 0 spiro atoms. The SMILES string of the molecule is Cc1csc(NCC(C)N(C)C2CC2)n1. The second-order valence-electron chi connectivity index (χ2n) is 4.42. The van der Waals surface area contributed by atoms with Crippen molar-refractivity contribution in [3.8, 4) is 0 Å². The summed E-state index contributed by atoms with van der Waals surface area (Å²) in [5.74, 6) is 0. The lowest BCUT2D eigenvalue weighted by atomic mass is 10.3. The Morgan fingerprint density at radius 2 is 2.40 bits per heavy atom. The third-order valence-corrected chi connectivity index (χ3v) is 3.90. The van der Waals surface area contributed by atoms with Crippen LogP contribution in [-0.4, -0.2) is 35.6 Å². The highest BCUT2D eigenvalue weighted by Crippen LogP contribution is 2.27. The van der Waals surface area contributed by atoms with Crippen molar-refractivity contribution in [2.24, 2.45) is 0 Å². The summed E-state index contributed by atoms with van der Waals surface area (Å²) in [6.45, 7) is 5.28. The number of likely N-dealkylation sites (N-methyl/N-ethyl adjacent to an activating group) is 1. The van der Waals surface area contributed by atoms with E-state index in [9.17, 15) is 0 Å². The quantitative estimate of drug-likeness (QED) is 0.833. The van der Waals surface area contributed by atoms with Gasteiger partial charge in [-0.15, -0.1) is 11.3 Å². The second-order valence-corrected chi connectivity index (χ2v) is 5.28. The maximum Gasteiger partial charge on any atom is 0.182 e. The first-order valence-corrected chi connectivity index (χ1v) is 6.42. The molecule has 0 aromatic carbocycles. The lowest BCUT2D eigenvalue weighted by molar-refractivity contribution is 0.257. The van der Waals surface area contributed by atoms with Gasteiger partial charge in [0, 0.05) is 24.0 Å². The van der Waals surface area contributed by atoms with E-state index in [2.05, 4.69) is 34.6 Å². The zero-order chi connectivity index (χ0) is 10.8. The minimum absolute atomic E-state index is 0.585. The van der Waals surface area contributed by atoms with E-state index >= 15 is 0 Å². The van der Waals surface area contributed by atoms with Crippen molar-refractivity contribution in [2.45, 2.75) is 38.8 Å². The summed E-state index contributed by atoms with van der Waals surface area (Å²) < 4.78 is 0. The van der Waals surface area contributed by atoms with Crippen molar-refractivity contribution >= 4 is 16.5 Å². The molecule has 1 aromatic rings. The van der Waals surface area contributed by atoms with Gasteiger partial charge >= 0.3 is 0 Å². The number of aromatic nitrogens is 1. The summed E-state index contributed by atoms with van der Waals surface area (Å²) in [4.78, 5) is 6.86. The van der Waals surface area contributed by atoms with E-state index in [4.69, 9.17) is 0 Å². The molecule has 1 aromatic heterocycles. The van der Waals surface area contributed by atoms with Crippen LogP contribution in [0.25, 0.3) is 0 Å². The molecule has 15 heavy (non-hydrogen) atoms. The summed E-state index contributed by atoms with van der Waals surface area (Å²) in [7, 11) is 2.22. The fourth-order valence-corrected chi connectivity index (χ4v) is 2.35. The Morgan fingerprint density at radius 3 is 2.93 bits per heavy atom. The van der Waals surface area contributed by atoms with Crippen LogP contribution < -0.4 is 5.32 Å². The van der Waals surface area contributed by atoms with E-state index in [-0.39, 0.29) is 0 Å². The van der Waals surface area contributed by atoms with Crippen LogP contribution in [-0.2, 0) is 0 Å². The van der Waals surface area contributed by atoms with Gasteiger partial charge in [-0.25, -0.2) is 4.98 Å². The minimum atomic E-state index is 0.585. The molecular formula is C11H19N3S. The molecule has 1 aliphatic carbocycles. The molecule has 1 saturated carbocycles. The summed E-state index contributed by atoms with van der Waals surface area (Å²) in [6.07, 6.45) is 2.74. The highest BCUT2D eigenvalue weighted by atomic mass is 32.1. The lowest BCUT2D eigenvalue weighted by Gasteiger charge is -2.24. The summed E-state index contributed by atoms with van der Waals surface area (Å²) in [6, 6.07) is 1.42. The molecule has 0 amide bonds. The molecule has 3 nitrogen and oxygen atoms in total. The number of aryl methyl sites for hydroxylation is 1. The Kier molecular flexibility index (Phi) is 3.26. The molecule has 1 N–H and O–H groups in total. The maximum atomic E-state index is 4.39. The summed E-state index contributed by atoms with van der Waals surface area (Å²) in [5.41, 5.74) is 1.10. The molecule has 1 heterocycles. The predicted molar refractivity (Wildman–Crippen MR) is 65.6 cm³/mol. The van der Waals surface area contributed by atoms with Gasteiger partial charge in [-0.3, -0.25) is 4.90 Å². The van der Waals surface area contributed by atoms with E-state index in [0.717, 1.165) is 23.4 Å². The first kappa shape index (κ1) is 10.9. The zero-order valence-electron chi connectivity index (χ0n) is 9.66. The minimum Gasteiger partial charge on any atom is -0.360 e. The molecule has 1 atom stereocenters. The first-order valence-electron chi connectivity index (χ1n) is 5.54. The van der Waals surface area contributed by atoms with Crippen LogP contribution in [0.2, 0.25) is 0 Å². The Hall–Kier alpha value is -0.610. The van der Waals surface area contributed by atoms with Gasteiger partial charge in [0.25, 0.3) is 0 Å². The molecule has 84 valence electrons.